The quantitative estimate of drug-likeness (QED) is 0.641. The van der Waals surface area contributed by atoms with Crippen LogP contribution in [0.25, 0.3) is 0 Å². The third-order valence-corrected chi connectivity index (χ3v) is 3.72. The average Bonchev–Trinajstić information content (AvgIpc) is 3.16. The van der Waals surface area contributed by atoms with Gasteiger partial charge in [0, 0.05) is 12.0 Å². The highest BCUT2D eigenvalue weighted by Crippen LogP contribution is 2.42. The van der Waals surface area contributed by atoms with Gasteiger partial charge in [0.15, 0.2) is 11.5 Å². The lowest BCUT2D eigenvalue weighted by Gasteiger charge is -2.21. The Balaban J connectivity index is 0.000000409. The van der Waals surface area contributed by atoms with E-state index in [0.717, 1.165) is 0 Å². The molecule has 0 radical (unpaired) electrons. The molecule has 0 amide bonds. The number of hydrogen-bond acceptors (Lipinski definition) is 6. The van der Waals surface area contributed by atoms with E-state index < -0.39 is 18.0 Å². The van der Waals surface area contributed by atoms with Crippen molar-refractivity contribution >= 4 is 11.9 Å². The molecule has 0 aliphatic carbocycles. The monoisotopic (exact) mass is 393 g/mol. The van der Waals surface area contributed by atoms with Crippen molar-refractivity contribution in [2.45, 2.75) is 12.5 Å². The van der Waals surface area contributed by atoms with Crippen LogP contribution in [-0.2, 0) is 9.59 Å². The van der Waals surface area contributed by atoms with Gasteiger partial charge >= 0.3 is 11.9 Å². The third-order valence-electron chi connectivity index (χ3n) is 3.72. The Kier molecular flexibility index (Phi) is 7.58. The molecule has 28 heavy (non-hydrogen) atoms. The maximum Gasteiger partial charge on any atom is 0.414 e. The van der Waals surface area contributed by atoms with Gasteiger partial charge in [-0.2, -0.15) is 0 Å². The Labute approximate surface area is 160 Å². The molecular formula is C19H20FNO7. The minimum Gasteiger partial charge on any atom is -0.482 e. The molecule has 2 aromatic rings. The van der Waals surface area contributed by atoms with E-state index in [1.807, 2.05) is 25.2 Å². The van der Waals surface area contributed by atoms with Gasteiger partial charge in [0.25, 0.3) is 0 Å². The summed E-state index contributed by atoms with van der Waals surface area (Å²) in [5, 5.41) is 17.8. The third kappa shape index (κ3) is 5.58. The molecule has 1 atom stereocenters. The van der Waals surface area contributed by atoms with Crippen molar-refractivity contribution in [2.24, 2.45) is 0 Å². The SMILES string of the molecule is CNCCC(Oc1cccc2c1OCO2)c1ccccc1F.O=C(O)C(=O)O. The fraction of sp³-hybridized carbons (Fsp3) is 0.263. The van der Waals surface area contributed by atoms with Crippen LogP contribution in [0.15, 0.2) is 42.5 Å². The normalized spacial score (nSPS) is 12.5. The maximum absolute atomic E-state index is 14.1. The molecule has 0 spiro atoms. The van der Waals surface area contributed by atoms with E-state index in [4.69, 9.17) is 34.0 Å². The summed E-state index contributed by atoms with van der Waals surface area (Å²) < 4.78 is 30.9. The van der Waals surface area contributed by atoms with Crippen LogP contribution in [0.5, 0.6) is 17.2 Å². The number of carboxylic acids is 2. The van der Waals surface area contributed by atoms with Gasteiger partial charge in [-0.1, -0.05) is 24.3 Å². The minimum atomic E-state index is -1.82. The lowest BCUT2D eigenvalue weighted by atomic mass is 10.1. The second kappa shape index (κ2) is 10.1. The van der Waals surface area contributed by atoms with Gasteiger partial charge < -0.3 is 29.7 Å². The molecule has 1 heterocycles. The first kappa shape index (κ1) is 21.0. The number of benzene rings is 2. The Morgan fingerprint density at radius 1 is 1.14 bits per heavy atom. The van der Waals surface area contributed by atoms with Crippen LogP contribution < -0.4 is 19.5 Å². The van der Waals surface area contributed by atoms with Crippen LogP contribution in [0, 0.1) is 5.82 Å². The van der Waals surface area contributed by atoms with Gasteiger partial charge in [-0.05, 0) is 31.8 Å². The number of nitrogens with one attached hydrogen (secondary N) is 1. The summed E-state index contributed by atoms with van der Waals surface area (Å²) in [5.41, 5.74) is 0.536. The molecule has 0 bridgehead atoms. The molecule has 0 saturated heterocycles. The molecule has 0 fully saturated rings. The van der Waals surface area contributed by atoms with Gasteiger partial charge in [0.1, 0.15) is 11.9 Å². The molecule has 1 aliphatic heterocycles. The zero-order chi connectivity index (χ0) is 20.5. The predicted octanol–water partition coefficient (Wildman–Crippen LogP) is 2.44. The van der Waals surface area contributed by atoms with Gasteiger partial charge in [0.05, 0.1) is 0 Å². The van der Waals surface area contributed by atoms with Gasteiger partial charge in [0.2, 0.25) is 12.5 Å². The molecule has 1 unspecified atom stereocenters. The van der Waals surface area contributed by atoms with E-state index in [0.29, 0.717) is 35.8 Å². The molecular weight excluding hydrogens is 373 g/mol. The Morgan fingerprint density at radius 2 is 1.86 bits per heavy atom. The first-order valence-electron chi connectivity index (χ1n) is 8.34. The van der Waals surface area contributed by atoms with Gasteiger partial charge in [-0.15, -0.1) is 0 Å². The fourth-order valence-electron chi connectivity index (χ4n) is 2.44. The standard InChI is InChI=1S/C17H18FNO3.C2H2O4/c1-19-10-9-14(12-5-2-3-6-13(12)18)22-16-8-4-7-15-17(16)21-11-20-15;3-1(4)2(5)6/h2-8,14,19H,9-11H2,1H3;(H,3,4)(H,5,6). The number of halogens is 1. The number of rotatable bonds is 6. The van der Waals surface area contributed by atoms with Crippen molar-refractivity contribution in [1.82, 2.24) is 5.32 Å². The number of carboxylic acid groups (broad SMARTS) is 2. The highest BCUT2D eigenvalue weighted by molar-refractivity contribution is 6.27. The fourth-order valence-corrected chi connectivity index (χ4v) is 2.44. The molecule has 9 heteroatoms. The Morgan fingerprint density at radius 3 is 2.50 bits per heavy atom. The summed E-state index contributed by atoms with van der Waals surface area (Å²) >= 11 is 0. The molecule has 1 aliphatic rings. The number of carbonyl (C=O) groups is 2. The van der Waals surface area contributed by atoms with Gasteiger partial charge in [-0.25, -0.2) is 14.0 Å². The lowest BCUT2D eigenvalue weighted by molar-refractivity contribution is -0.159. The summed E-state index contributed by atoms with van der Waals surface area (Å²) in [4.78, 5) is 18.2. The molecule has 8 nitrogen and oxygen atoms in total. The van der Waals surface area contributed by atoms with E-state index in [9.17, 15) is 4.39 Å². The van der Waals surface area contributed by atoms with Crippen LogP contribution in [-0.4, -0.2) is 42.5 Å². The Bertz CT molecular complexity index is 816. The van der Waals surface area contributed by atoms with Crippen LogP contribution in [0.1, 0.15) is 18.1 Å². The van der Waals surface area contributed by atoms with E-state index in [1.165, 1.54) is 6.07 Å². The zero-order valence-electron chi connectivity index (χ0n) is 15.1. The number of para-hydroxylation sites is 1. The van der Waals surface area contributed by atoms with E-state index in [1.54, 1.807) is 18.2 Å². The Hall–Kier alpha value is -3.33. The zero-order valence-corrected chi connectivity index (χ0v) is 15.1. The van der Waals surface area contributed by atoms with Crippen LogP contribution in [0.3, 0.4) is 0 Å². The van der Waals surface area contributed by atoms with Crippen LogP contribution in [0.4, 0.5) is 4.39 Å². The molecule has 3 N–H and O–H groups in total. The van der Waals surface area contributed by atoms with E-state index in [2.05, 4.69) is 5.32 Å². The second-order valence-electron chi connectivity index (χ2n) is 5.62. The highest BCUT2D eigenvalue weighted by atomic mass is 19.1. The first-order chi connectivity index (χ1) is 13.4. The summed E-state index contributed by atoms with van der Waals surface area (Å²) in [6, 6.07) is 12.1. The van der Waals surface area contributed by atoms with Crippen molar-refractivity contribution in [1.29, 1.82) is 0 Å². The minimum absolute atomic E-state index is 0.177. The predicted molar refractivity (Wildman–Crippen MR) is 96.1 cm³/mol. The molecule has 0 aromatic heterocycles. The van der Waals surface area contributed by atoms with Crippen LogP contribution in [0.2, 0.25) is 0 Å². The summed E-state index contributed by atoms with van der Waals surface area (Å²) in [6.07, 6.45) is 0.242. The summed E-state index contributed by atoms with van der Waals surface area (Å²) in [7, 11) is 1.86. The van der Waals surface area contributed by atoms with Crippen LogP contribution >= 0.6 is 0 Å². The number of ether oxygens (including phenoxy) is 3. The van der Waals surface area contributed by atoms with Crippen molar-refractivity contribution < 1.29 is 38.4 Å². The molecule has 3 rings (SSSR count). The second-order valence-corrected chi connectivity index (χ2v) is 5.62. The lowest BCUT2D eigenvalue weighted by Crippen LogP contribution is -2.17. The summed E-state index contributed by atoms with van der Waals surface area (Å²) in [6.45, 7) is 0.891. The summed E-state index contributed by atoms with van der Waals surface area (Å²) in [5.74, 6) is -2.12. The average molecular weight is 393 g/mol. The topological polar surface area (TPSA) is 114 Å². The van der Waals surface area contributed by atoms with E-state index in [-0.39, 0.29) is 12.6 Å². The molecule has 0 saturated carbocycles. The van der Waals surface area contributed by atoms with Crippen molar-refractivity contribution in [3.8, 4) is 17.2 Å². The maximum atomic E-state index is 14.1. The molecule has 150 valence electrons. The first-order valence-corrected chi connectivity index (χ1v) is 8.34. The van der Waals surface area contributed by atoms with Crippen molar-refractivity contribution in [2.75, 3.05) is 20.4 Å². The number of fused-ring (bicyclic) bond motifs is 1. The molecule has 2 aromatic carbocycles. The van der Waals surface area contributed by atoms with Crippen molar-refractivity contribution in [3.63, 3.8) is 0 Å². The van der Waals surface area contributed by atoms with E-state index >= 15 is 0 Å². The van der Waals surface area contributed by atoms with Gasteiger partial charge in [-0.3, -0.25) is 0 Å². The smallest absolute Gasteiger partial charge is 0.414 e. The highest BCUT2D eigenvalue weighted by Gasteiger charge is 2.23. The number of aliphatic carboxylic acids is 2. The largest absolute Gasteiger partial charge is 0.482 e. The number of hydrogen-bond donors (Lipinski definition) is 3. The van der Waals surface area contributed by atoms with Crippen molar-refractivity contribution in [3.05, 3.63) is 53.8 Å².